The van der Waals surface area contributed by atoms with E-state index >= 15 is 0 Å². The Morgan fingerprint density at radius 1 is 1.17 bits per heavy atom. The Bertz CT molecular complexity index is 495. The molecule has 0 aliphatic heterocycles. The van der Waals surface area contributed by atoms with Crippen molar-refractivity contribution in [1.29, 1.82) is 0 Å². The minimum atomic E-state index is -0.143. The number of carbonyl (C=O) groups excluding carboxylic acids is 1. The number of benzene rings is 1. The molecule has 0 spiro atoms. The highest BCUT2D eigenvalue weighted by atomic mass is 127. The lowest BCUT2D eigenvalue weighted by molar-refractivity contribution is -0.140. The topological polar surface area (TPSA) is 62.7 Å². The van der Waals surface area contributed by atoms with E-state index in [1.807, 2.05) is 31.2 Å². The summed E-state index contributed by atoms with van der Waals surface area (Å²) in [5.41, 5.74) is 1.12. The van der Waals surface area contributed by atoms with E-state index in [0.29, 0.717) is 13.0 Å². The normalized spacial score (nSPS) is 10.7. The number of nitrogens with one attached hydrogen (secondary N) is 2. The second-order valence-corrected chi connectivity index (χ2v) is 5.57. The van der Waals surface area contributed by atoms with Crippen molar-refractivity contribution >= 4 is 47.5 Å². The summed E-state index contributed by atoms with van der Waals surface area (Å²) < 4.78 is 4.62. The molecule has 0 amide bonds. The van der Waals surface area contributed by atoms with Crippen LogP contribution in [0.3, 0.4) is 0 Å². The summed E-state index contributed by atoms with van der Waals surface area (Å²) in [7, 11) is 1.42. The number of guanidine groups is 1. The van der Waals surface area contributed by atoms with Crippen LogP contribution in [0.2, 0.25) is 5.02 Å². The second kappa shape index (κ2) is 14.3. The molecule has 24 heavy (non-hydrogen) atoms. The number of methoxy groups -OCH3 is 1. The van der Waals surface area contributed by atoms with Crippen molar-refractivity contribution in [3.05, 3.63) is 34.9 Å². The average Bonchev–Trinajstić information content (AvgIpc) is 2.56. The second-order valence-electron chi connectivity index (χ2n) is 5.14. The summed E-state index contributed by atoms with van der Waals surface area (Å²) in [5.74, 6) is 0.659. The van der Waals surface area contributed by atoms with E-state index in [0.717, 1.165) is 48.9 Å². The number of nitrogens with zero attached hydrogens (tertiary/aromatic N) is 1. The molecule has 0 saturated heterocycles. The molecule has 136 valence electrons. The van der Waals surface area contributed by atoms with Crippen molar-refractivity contribution in [2.75, 3.05) is 20.2 Å². The molecule has 0 radical (unpaired) electrons. The number of ether oxygens (including phenoxy) is 1. The first-order valence-electron chi connectivity index (χ1n) is 7.99. The van der Waals surface area contributed by atoms with Crippen molar-refractivity contribution in [2.45, 2.75) is 39.2 Å². The minimum absolute atomic E-state index is 0. The lowest BCUT2D eigenvalue weighted by Gasteiger charge is -2.11. The number of esters is 1. The van der Waals surface area contributed by atoms with Crippen LogP contribution in [0.15, 0.2) is 29.3 Å². The fourth-order valence-corrected chi connectivity index (χ4v) is 2.11. The van der Waals surface area contributed by atoms with E-state index in [1.165, 1.54) is 7.11 Å². The molecule has 0 unspecified atom stereocenters. The predicted octanol–water partition coefficient (Wildman–Crippen LogP) is 3.75. The van der Waals surface area contributed by atoms with Crippen molar-refractivity contribution in [1.82, 2.24) is 10.6 Å². The maximum absolute atomic E-state index is 11.0. The minimum Gasteiger partial charge on any atom is -0.469 e. The molecule has 0 aromatic heterocycles. The maximum atomic E-state index is 11.0. The van der Waals surface area contributed by atoms with Gasteiger partial charge in [-0.2, -0.15) is 0 Å². The molecule has 0 aliphatic carbocycles. The van der Waals surface area contributed by atoms with Gasteiger partial charge in [-0.15, -0.1) is 24.0 Å². The standard InChI is InChI=1S/C17H26ClN3O2.HI/c1-3-19-17(20-12-6-4-5-7-16(22)23-2)21-13-14-8-10-15(18)11-9-14;/h8-11H,3-7,12-13H2,1-2H3,(H2,19,20,21);1H. The summed E-state index contributed by atoms with van der Waals surface area (Å²) in [5, 5.41) is 7.25. The Morgan fingerprint density at radius 2 is 1.88 bits per heavy atom. The first kappa shape index (κ1) is 23.0. The first-order chi connectivity index (χ1) is 11.2. The van der Waals surface area contributed by atoms with E-state index in [2.05, 4.69) is 20.4 Å². The van der Waals surface area contributed by atoms with Crippen LogP contribution in [0.4, 0.5) is 0 Å². The van der Waals surface area contributed by atoms with Crippen molar-refractivity contribution in [3.63, 3.8) is 0 Å². The monoisotopic (exact) mass is 467 g/mol. The molecule has 2 N–H and O–H groups in total. The van der Waals surface area contributed by atoms with Gasteiger partial charge in [0.15, 0.2) is 5.96 Å². The Morgan fingerprint density at radius 3 is 2.50 bits per heavy atom. The van der Waals surface area contributed by atoms with Crippen LogP contribution in [-0.4, -0.2) is 32.1 Å². The predicted molar refractivity (Wildman–Crippen MR) is 110 cm³/mol. The quantitative estimate of drug-likeness (QED) is 0.191. The third-order valence-electron chi connectivity index (χ3n) is 3.26. The Hall–Kier alpha value is -1.02. The summed E-state index contributed by atoms with van der Waals surface area (Å²) >= 11 is 5.87. The number of rotatable bonds is 9. The van der Waals surface area contributed by atoms with Crippen LogP contribution in [0.1, 0.15) is 38.2 Å². The van der Waals surface area contributed by atoms with Crippen LogP contribution in [-0.2, 0) is 16.1 Å². The Balaban J connectivity index is 0.00000529. The van der Waals surface area contributed by atoms with Crippen LogP contribution in [0.5, 0.6) is 0 Å². The van der Waals surface area contributed by atoms with E-state index in [1.54, 1.807) is 0 Å². The van der Waals surface area contributed by atoms with Crippen molar-refractivity contribution < 1.29 is 9.53 Å². The summed E-state index contributed by atoms with van der Waals surface area (Å²) in [6, 6.07) is 7.69. The van der Waals surface area contributed by atoms with Gasteiger partial charge < -0.3 is 15.4 Å². The van der Waals surface area contributed by atoms with Crippen LogP contribution < -0.4 is 10.6 Å². The summed E-state index contributed by atoms with van der Waals surface area (Å²) in [4.78, 5) is 15.6. The van der Waals surface area contributed by atoms with E-state index in [4.69, 9.17) is 11.6 Å². The number of hydrogen-bond acceptors (Lipinski definition) is 3. The average molecular weight is 468 g/mol. The number of aliphatic imine (C=N–C) groups is 1. The molecular weight excluding hydrogens is 441 g/mol. The van der Waals surface area contributed by atoms with Crippen molar-refractivity contribution in [2.24, 2.45) is 4.99 Å². The molecule has 1 aromatic rings. The van der Waals surface area contributed by atoms with Gasteiger partial charge in [0.25, 0.3) is 0 Å². The fraction of sp³-hybridized carbons (Fsp3) is 0.529. The zero-order valence-corrected chi connectivity index (χ0v) is 17.4. The molecule has 0 heterocycles. The zero-order chi connectivity index (χ0) is 16.9. The number of carbonyl (C=O) groups is 1. The molecular formula is C17H27ClIN3O2. The molecule has 0 aliphatic rings. The summed E-state index contributed by atoms with van der Waals surface area (Å²) in [6.45, 7) is 4.28. The van der Waals surface area contributed by atoms with Crippen LogP contribution >= 0.6 is 35.6 Å². The fourth-order valence-electron chi connectivity index (χ4n) is 1.98. The highest BCUT2D eigenvalue weighted by Gasteiger charge is 2.00. The molecule has 0 bridgehead atoms. The third kappa shape index (κ3) is 10.7. The van der Waals surface area contributed by atoms with Crippen LogP contribution in [0.25, 0.3) is 0 Å². The molecule has 7 heteroatoms. The highest BCUT2D eigenvalue weighted by Crippen LogP contribution is 2.10. The van der Waals surface area contributed by atoms with Gasteiger partial charge in [-0.25, -0.2) is 4.99 Å². The lowest BCUT2D eigenvalue weighted by atomic mass is 10.2. The van der Waals surface area contributed by atoms with Gasteiger partial charge in [0.2, 0.25) is 0 Å². The van der Waals surface area contributed by atoms with Gasteiger partial charge in [-0.1, -0.05) is 30.2 Å². The zero-order valence-electron chi connectivity index (χ0n) is 14.3. The Kier molecular flexibility index (Phi) is 13.7. The van der Waals surface area contributed by atoms with Gasteiger partial charge in [-0.3, -0.25) is 4.79 Å². The van der Waals surface area contributed by atoms with Gasteiger partial charge in [0.1, 0.15) is 0 Å². The van der Waals surface area contributed by atoms with E-state index in [-0.39, 0.29) is 29.9 Å². The van der Waals surface area contributed by atoms with Gasteiger partial charge in [0, 0.05) is 24.5 Å². The molecule has 0 atom stereocenters. The molecule has 5 nitrogen and oxygen atoms in total. The number of halogens is 2. The van der Waals surface area contributed by atoms with Crippen molar-refractivity contribution in [3.8, 4) is 0 Å². The van der Waals surface area contributed by atoms with Gasteiger partial charge >= 0.3 is 5.97 Å². The molecule has 1 aromatic carbocycles. The highest BCUT2D eigenvalue weighted by molar-refractivity contribution is 14.0. The Labute approximate surface area is 166 Å². The number of hydrogen-bond donors (Lipinski definition) is 2. The largest absolute Gasteiger partial charge is 0.469 e. The van der Waals surface area contributed by atoms with E-state index < -0.39 is 0 Å². The summed E-state index contributed by atoms with van der Waals surface area (Å²) in [6.07, 6.45) is 3.31. The SMILES string of the molecule is CCNC(=NCc1ccc(Cl)cc1)NCCCCCC(=O)OC.I. The first-order valence-corrected chi connectivity index (χ1v) is 8.37. The number of unbranched alkanes of at least 4 members (excludes halogenated alkanes) is 2. The molecule has 0 fully saturated rings. The molecule has 1 rings (SSSR count). The van der Waals surface area contributed by atoms with E-state index in [9.17, 15) is 4.79 Å². The smallest absolute Gasteiger partial charge is 0.305 e. The maximum Gasteiger partial charge on any atom is 0.305 e. The third-order valence-corrected chi connectivity index (χ3v) is 3.51. The molecule has 0 saturated carbocycles. The lowest BCUT2D eigenvalue weighted by Crippen LogP contribution is -2.37. The van der Waals surface area contributed by atoms with Gasteiger partial charge in [-0.05, 0) is 37.5 Å². The van der Waals surface area contributed by atoms with Crippen LogP contribution in [0, 0.1) is 0 Å². The van der Waals surface area contributed by atoms with Gasteiger partial charge in [0.05, 0.1) is 13.7 Å².